The van der Waals surface area contributed by atoms with Crippen molar-refractivity contribution < 1.29 is 9.28 Å². The molecule has 0 unspecified atom stereocenters. The van der Waals surface area contributed by atoms with E-state index in [9.17, 15) is 4.79 Å². The van der Waals surface area contributed by atoms with Gasteiger partial charge in [-0.2, -0.15) is 0 Å². The predicted octanol–water partition coefficient (Wildman–Crippen LogP) is 1.02. The van der Waals surface area contributed by atoms with Gasteiger partial charge in [-0.15, -0.1) is 0 Å². The van der Waals surface area contributed by atoms with Gasteiger partial charge in [-0.05, 0) is 39.8 Å². The van der Waals surface area contributed by atoms with Crippen molar-refractivity contribution in [2.45, 2.75) is 38.8 Å². The standard InChI is InChI=1S/C15H30N3O/c1-12(2)16-8-6-13(7-9-16)15(19)17-10-14(11-17)18(3,4)5/h12-14H,6-11H2,1-5H3/q+1. The van der Waals surface area contributed by atoms with Crippen LogP contribution in [0.15, 0.2) is 0 Å². The van der Waals surface area contributed by atoms with Gasteiger partial charge in [0.05, 0.1) is 34.2 Å². The van der Waals surface area contributed by atoms with Gasteiger partial charge in [0.25, 0.3) is 0 Å². The minimum atomic E-state index is 0.281. The van der Waals surface area contributed by atoms with Crippen LogP contribution in [0.25, 0.3) is 0 Å². The Morgan fingerprint density at radius 1 is 1.11 bits per heavy atom. The summed E-state index contributed by atoms with van der Waals surface area (Å²) < 4.78 is 0.968. The van der Waals surface area contributed by atoms with E-state index in [0.717, 1.165) is 43.5 Å². The molecule has 0 saturated carbocycles. The zero-order chi connectivity index (χ0) is 14.2. The van der Waals surface area contributed by atoms with E-state index in [1.165, 1.54) is 0 Å². The summed E-state index contributed by atoms with van der Waals surface area (Å²) in [5, 5.41) is 0. The van der Waals surface area contributed by atoms with Crippen molar-refractivity contribution in [3.05, 3.63) is 0 Å². The fraction of sp³-hybridized carbons (Fsp3) is 0.933. The summed E-state index contributed by atoms with van der Waals surface area (Å²) in [6.07, 6.45) is 2.09. The molecule has 0 atom stereocenters. The largest absolute Gasteiger partial charge is 0.330 e. The zero-order valence-corrected chi connectivity index (χ0v) is 13.2. The fourth-order valence-corrected chi connectivity index (χ4v) is 3.05. The van der Waals surface area contributed by atoms with Crippen molar-refractivity contribution >= 4 is 5.91 Å². The Bertz CT molecular complexity index is 321. The molecule has 2 fully saturated rings. The quantitative estimate of drug-likeness (QED) is 0.714. The van der Waals surface area contributed by atoms with Crippen molar-refractivity contribution in [3.63, 3.8) is 0 Å². The molecule has 0 radical (unpaired) electrons. The maximum absolute atomic E-state index is 12.4. The first kappa shape index (κ1) is 14.8. The first-order valence-electron chi connectivity index (χ1n) is 7.63. The summed E-state index contributed by atoms with van der Waals surface area (Å²) >= 11 is 0. The summed E-state index contributed by atoms with van der Waals surface area (Å²) in [5.41, 5.74) is 0. The van der Waals surface area contributed by atoms with E-state index in [4.69, 9.17) is 0 Å². The number of nitrogens with zero attached hydrogens (tertiary/aromatic N) is 3. The van der Waals surface area contributed by atoms with Crippen molar-refractivity contribution in [1.29, 1.82) is 0 Å². The Kier molecular flexibility index (Phi) is 4.21. The first-order chi connectivity index (χ1) is 8.79. The second-order valence-corrected chi connectivity index (χ2v) is 7.42. The number of likely N-dealkylation sites (tertiary alicyclic amines) is 2. The van der Waals surface area contributed by atoms with Gasteiger partial charge in [-0.25, -0.2) is 0 Å². The van der Waals surface area contributed by atoms with E-state index in [1.54, 1.807) is 0 Å². The number of carbonyl (C=O) groups excluding carboxylic acids is 1. The minimum absolute atomic E-state index is 0.281. The number of piperidine rings is 1. The molecule has 4 heteroatoms. The Balaban J connectivity index is 1.77. The Morgan fingerprint density at radius 3 is 2.05 bits per heavy atom. The van der Waals surface area contributed by atoms with Crippen LogP contribution in [0.1, 0.15) is 26.7 Å². The summed E-state index contributed by atoms with van der Waals surface area (Å²) in [7, 11) is 6.65. The smallest absolute Gasteiger partial charge is 0.226 e. The molecule has 0 aromatic heterocycles. The van der Waals surface area contributed by atoms with Gasteiger partial charge in [0, 0.05) is 12.0 Å². The van der Waals surface area contributed by atoms with E-state index < -0.39 is 0 Å². The monoisotopic (exact) mass is 268 g/mol. The number of hydrogen-bond donors (Lipinski definition) is 0. The van der Waals surface area contributed by atoms with Gasteiger partial charge < -0.3 is 14.3 Å². The lowest BCUT2D eigenvalue weighted by molar-refractivity contribution is -0.900. The molecule has 2 aliphatic heterocycles. The van der Waals surface area contributed by atoms with Gasteiger partial charge in [-0.1, -0.05) is 0 Å². The molecule has 0 N–H and O–H groups in total. The molecule has 2 rings (SSSR count). The average Bonchev–Trinajstić information content (AvgIpc) is 2.25. The van der Waals surface area contributed by atoms with Crippen molar-refractivity contribution in [3.8, 4) is 0 Å². The Hall–Kier alpha value is -0.610. The SMILES string of the molecule is CC(C)N1CCC(C(=O)N2CC([N+](C)(C)C)C2)CC1. The van der Waals surface area contributed by atoms with Crippen LogP contribution < -0.4 is 0 Å². The van der Waals surface area contributed by atoms with Crippen LogP contribution in [-0.4, -0.2) is 79.6 Å². The molecule has 110 valence electrons. The van der Waals surface area contributed by atoms with Crippen LogP contribution in [-0.2, 0) is 4.79 Å². The molecule has 0 spiro atoms. The van der Waals surface area contributed by atoms with Crippen LogP contribution in [0.3, 0.4) is 0 Å². The Morgan fingerprint density at radius 2 is 1.63 bits per heavy atom. The molecule has 0 bridgehead atoms. The maximum atomic E-state index is 12.4. The highest BCUT2D eigenvalue weighted by Gasteiger charge is 2.41. The topological polar surface area (TPSA) is 23.6 Å². The van der Waals surface area contributed by atoms with Gasteiger partial charge >= 0.3 is 0 Å². The van der Waals surface area contributed by atoms with Gasteiger partial charge in [-0.3, -0.25) is 4.79 Å². The molecule has 0 aromatic rings. The molecule has 2 saturated heterocycles. The van der Waals surface area contributed by atoms with Crippen LogP contribution >= 0.6 is 0 Å². The molecule has 2 heterocycles. The highest BCUT2D eigenvalue weighted by Crippen LogP contribution is 2.25. The number of hydrogen-bond acceptors (Lipinski definition) is 2. The van der Waals surface area contributed by atoms with Gasteiger partial charge in [0.15, 0.2) is 0 Å². The summed E-state index contributed by atoms with van der Waals surface area (Å²) in [4.78, 5) is 17.0. The molecular formula is C15H30N3O+. The fourth-order valence-electron chi connectivity index (χ4n) is 3.05. The minimum Gasteiger partial charge on any atom is -0.330 e. The highest BCUT2D eigenvalue weighted by atomic mass is 16.2. The van der Waals surface area contributed by atoms with Crippen LogP contribution in [0.2, 0.25) is 0 Å². The number of carbonyl (C=O) groups is 1. The highest BCUT2D eigenvalue weighted by molar-refractivity contribution is 5.79. The number of quaternary nitrogens is 1. The molecular weight excluding hydrogens is 238 g/mol. The van der Waals surface area contributed by atoms with Crippen molar-refractivity contribution in [1.82, 2.24) is 9.80 Å². The van der Waals surface area contributed by atoms with Crippen molar-refractivity contribution in [2.24, 2.45) is 5.92 Å². The van der Waals surface area contributed by atoms with E-state index in [0.29, 0.717) is 18.0 Å². The lowest BCUT2D eigenvalue weighted by Crippen LogP contribution is -2.66. The Labute approximate surface area is 117 Å². The third kappa shape index (κ3) is 3.29. The van der Waals surface area contributed by atoms with Gasteiger partial charge in [0.2, 0.25) is 5.91 Å². The number of likely N-dealkylation sites (N-methyl/N-ethyl adjacent to an activating group) is 1. The lowest BCUT2D eigenvalue weighted by Gasteiger charge is -2.48. The third-order valence-corrected chi connectivity index (χ3v) is 4.88. The van der Waals surface area contributed by atoms with Gasteiger partial charge in [0.1, 0.15) is 6.04 Å². The van der Waals surface area contributed by atoms with Crippen LogP contribution in [0.4, 0.5) is 0 Å². The number of rotatable bonds is 3. The first-order valence-corrected chi connectivity index (χ1v) is 7.63. The summed E-state index contributed by atoms with van der Waals surface area (Å²) in [6, 6.07) is 1.24. The van der Waals surface area contributed by atoms with E-state index in [2.05, 4.69) is 44.8 Å². The maximum Gasteiger partial charge on any atom is 0.226 e. The summed E-state index contributed by atoms with van der Waals surface area (Å²) in [6.45, 7) is 8.55. The predicted molar refractivity (Wildman–Crippen MR) is 77.8 cm³/mol. The van der Waals surface area contributed by atoms with Crippen LogP contribution in [0.5, 0.6) is 0 Å². The molecule has 0 aromatic carbocycles. The lowest BCUT2D eigenvalue weighted by atomic mass is 9.92. The number of amides is 1. The van der Waals surface area contributed by atoms with E-state index >= 15 is 0 Å². The van der Waals surface area contributed by atoms with E-state index in [-0.39, 0.29) is 5.92 Å². The van der Waals surface area contributed by atoms with Crippen LogP contribution in [0, 0.1) is 5.92 Å². The molecule has 2 aliphatic rings. The molecule has 1 amide bonds. The average molecular weight is 268 g/mol. The molecule has 0 aliphatic carbocycles. The third-order valence-electron chi connectivity index (χ3n) is 4.88. The zero-order valence-electron chi connectivity index (χ0n) is 13.2. The van der Waals surface area contributed by atoms with Crippen molar-refractivity contribution in [2.75, 3.05) is 47.3 Å². The second-order valence-electron chi connectivity index (χ2n) is 7.42. The normalized spacial score (nSPS) is 23.8. The van der Waals surface area contributed by atoms with E-state index in [1.807, 2.05) is 0 Å². The molecule has 19 heavy (non-hydrogen) atoms. The summed E-state index contributed by atoms with van der Waals surface area (Å²) in [5.74, 6) is 0.691. The second kappa shape index (κ2) is 5.41. The molecule has 4 nitrogen and oxygen atoms in total.